The Morgan fingerprint density at radius 2 is 1.78 bits per heavy atom. The first kappa shape index (κ1) is 13.2. The maximum Gasteiger partial charge on any atom is 0.280 e. The molecule has 2 aromatic rings. The quantitative estimate of drug-likeness (QED) is 0.605. The van der Waals surface area contributed by atoms with Gasteiger partial charge >= 0.3 is 0 Å². The third-order valence-electron chi connectivity index (χ3n) is 5.17. The lowest BCUT2D eigenvalue weighted by molar-refractivity contribution is -0.00853. The summed E-state index contributed by atoms with van der Waals surface area (Å²) in [5.41, 5.74) is 5.65. The summed E-state index contributed by atoms with van der Waals surface area (Å²) >= 11 is 0. The Kier molecular flexibility index (Phi) is 2.39. The molecule has 5 rings (SSSR count). The number of allylic oxidation sites excluding steroid dienone is 4. The van der Waals surface area contributed by atoms with Gasteiger partial charge in [-0.3, -0.25) is 0 Å². The molecule has 0 bridgehead atoms. The average molecular weight is 310 g/mol. The third kappa shape index (κ3) is 1.62. The third-order valence-corrected chi connectivity index (χ3v) is 5.17. The average Bonchev–Trinajstić information content (AvgIpc) is 2.85. The second-order valence-corrected chi connectivity index (χ2v) is 6.46. The molecule has 0 aliphatic heterocycles. The molecule has 3 heteroatoms. The highest BCUT2D eigenvalue weighted by molar-refractivity contribution is 6.05. The van der Waals surface area contributed by atoms with Crippen molar-refractivity contribution in [2.45, 2.75) is 25.2 Å². The van der Waals surface area contributed by atoms with E-state index in [9.17, 15) is 13.2 Å². The van der Waals surface area contributed by atoms with Gasteiger partial charge in [-0.1, -0.05) is 36.4 Å². The second kappa shape index (κ2) is 4.16. The van der Waals surface area contributed by atoms with Crippen molar-refractivity contribution in [2.75, 3.05) is 0 Å². The lowest BCUT2D eigenvalue weighted by Crippen LogP contribution is -2.24. The van der Waals surface area contributed by atoms with E-state index in [-0.39, 0.29) is 0 Å². The van der Waals surface area contributed by atoms with Crippen molar-refractivity contribution in [3.8, 4) is 0 Å². The molecule has 0 unspecified atom stereocenters. The lowest BCUT2D eigenvalue weighted by atomic mass is 9.79. The SMILES string of the molecule is Fc1ccc2c3c1C(F)(F)CC1=CCC(=C13)c1ccccc1C2. The zero-order valence-corrected chi connectivity index (χ0v) is 12.3. The Morgan fingerprint density at radius 1 is 0.957 bits per heavy atom. The molecule has 3 aliphatic rings. The van der Waals surface area contributed by atoms with Crippen LogP contribution >= 0.6 is 0 Å². The molecule has 114 valence electrons. The number of rotatable bonds is 0. The standard InChI is InChI=1S/C20H13F3/c21-16-8-6-12-9-11-3-1-2-4-14(11)15-7-5-13-10-20(22,23)19(16)18(12)17(13)15/h1-6,8H,7,9-10H2. The lowest BCUT2D eigenvalue weighted by Gasteiger charge is -2.30. The molecule has 3 aliphatic carbocycles. The van der Waals surface area contributed by atoms with Crippen LogP contribution in [-0.2, 0) is 12.3 Å². The minimum atomic E-state index is -3.14. The number of halogens is 3. The first-order chi connectivity index (χ1) is 11.1. The molecule has 0 heterocycles. The van der Waals surface area contributed by atoms with E-state index in [1.54, 1.807) is 6.07 Å². The molecule has 0 spiro atoms. The van der Waals surface area contributed by atoms with Crippen LogP contribution in [0.3, 0.4) is 0 Å². The van der Waals surface area contributed by atoms with Gasteiger partial charge in [-0.05, 0) is 57.9 Å². The fraction of sp³-hybridized carbons (Fsp3) is 0.200. The molecule has 0 atom stereocenters. The van der Waals surface area contributed by atoms with Crippen LogP contribution in [0.5, 0.6) is 0 Å². The van der Waals surface area contributed by atoms with E-state index >= 15 is 0 Å². The molecule has 2 aromatic carbocycles. The predicted molar refractivity (Wildman–Crippen MR) is 83.7 cm³/mol. The fourth-order valence-electron chi connectivity index (χ4n) is 4.25. The van der Waals surface area contributed by atoms with Gasteiger partial charge in [0.25, 0.3) is 5.92 Å². The summed E-state index contributed by atoms with van der Waals surface area (Å²) in [5, 5.41) is 0. The topological polar surface area (TPSA) is 0 Å². The number of fused-ring (bicyclic) bond motifs is 2. The van der Waals surface area contributed by atoms with Gasteiger partial charge < -0.3 is 0 Å². The normalized spacial score (nSPS) is 19.9. The number of hydrogen-bond donors (Lipinski definition) is 0. The first-order valence-electron chi connectivity index (χ1n) is 7.77. The maximum atomic E-state index is 14.6. The van der Waals surface area contributed by atoms with Crippen LogP contribution in [0.1, 0.15) is 40.7 Å². The van der Waals surface area contributed by atoms with E-state index in [0.29, 0.717) is 24.0 Å². The van der Waals surface area contributed by atoms with Gasteiger partial charge in [0.1, 0.15) is 5.82 Å². The molecule has 0 radical (unpaired) electrons. The Bertz CT molecular complexity index is 932. The molecule has 0 saturated heterocycles. The maximum absolute atomic E-state index is 14.6. The fourth-order valence-corrected chi connectivity index (χ4v) is 4.25. The van der Waals surface area contributed by atoms with E-state index in [2.05, 4.69) is 0 Å². The first-order valence-corrected chi connectivity index (χ1v) is 7.77. The highest BCUT2D eigenvalue weighted by Crippen LogP contribution is 2.56. The van der Waals surface area contributed by atoms with Crippen LogP contribution in [0.25, 0.3) is 11.1 Å². The Labute approximate surface area is 132 Å². The molecular weight excluding hydrogens is 297 g/mol. The number of alkyl halides is 2. The van der Waals surface area contributed by atoms with Crippen LogP contribution in [-0.4, -0.2) is 0 Å². The molecule has 0 fully saturated rings. The van der Waals surface area contributed by atoms with Crippen LogP contribution in [0, 0.1) is 5.82 Å². The van der Waals surface area contributed by atoms with E-state index < -0.39 is 23.7 Å². The Balaban J connectivity index is 1.95. The van der Waals surface area contributed by atoms with Gasteiger partial charge in [-0.2, -0.15) is 0 Å². The predicted octanol–water partition coefficient (Wildman–Crippen LogP) is 5.47. The van der Waals surface area contributed by atoms with E-state index in [4.69, 9.17) is 0 Å². The molecule has 0 saturated carbocycles. The summed E-state index contributed by atoms with van der Waals surface area (Å²) in [7, 11) is 0. The van der Waals surface area contributed by atoms with Crippen LogP contribution < -0.4 is 0 Å². The summed E-state index contributed by atoms with van der Waals surface area (Å²) in [6, 6.07) is 10.9. The molecule has 0 amide bonds. The second-order valence-electron chi connectivity index (χ2n) is 6.46. The summed E-state index contributed by atoms with van der Waals surface area (Å²) < 4.78 is 43.5. The van der Waals surface area contributed by atoms with E-state index in [1.807, 2.05) is 30.3 Å². The van der Waals surface area contributed by atoms with Crippen molar-refractivity contribution < 1.29 is 13.2 Å². The number of hydrogen-bond acceptors (Lipinski definition) is 0. The van der Waals surface area contributed by atoms with Gasteiger partial charge in [-0.25, -0.2) is 13.2 Å². The van der Waals surface area contributed by atoms with Crippen molar-refractivity contribution in [3.05, 3.63) is 81.7 Å². The van der Waals surface area contributed by atoms with Crippen LogP contribution in [0.2, 0.25) is 0 Å². The molecular formula is C20H13F3. The Morgan fingerprint density at radius 3 is 2.65 bits per heavy atom. The van der Waals surface area contributed by atoms with Gasteiger partial charge in [0.05, 0.1) is 5.56 Å². The van der Waals surface area contributed by atoms with Crippen molar-refractivity contribution in [1.29, 1.82) is 0 Å². The van der Waals surface area contributed by atoms with Gasteiger partial charge in [0.15, 0.2) is 0 Å². The van der Waals surface area contributed by atoms with Crippen LogP contribution in [0.4, 0.5) is 13.2 Å². The monoisotopic (exact) mass is 310 g/mol. The Hall–Kier alpha value is -2.29. The minimum absolute atomic E-state index is 0.401. The smallest absolute Gasteiger partial charge is 0.206 e. The zero-order valence-electron chi connectivity index (χ0n) is 12.3. The summed E-state index contributed by atoms with van der Waals surface area (Å²) in [5.74, 6) is -3.94. The number of benzene rings is 2. The highest BCUT2D eigenvalue weighted by Gasteiger charge is 2.46. The summed E-state index contributed by atoms with van der Waals surface area (Å²) in [6.07, 6.45) is 2.70. The van der Waals surface area contributed by atoms with E-state index in [0.717, 1.165) is 27.8 Å². The molecule has 0 N–H and O–H groups in total. The van der Waals surface area contributed by atoms with Gasteiger partial charge in [-0.15, -0.1) is 0 Å². The van der Waals surface area contributed by atoms with Crippen LogP contribution in [0.15, 0.2) is 48.0 Å². The zero-order chi connectivity index (χ0) is 15.8. The molecule has 0 nitrogen and oxygen atoms in total. The van der Waals surface area contributed by atoms with Crippen molar-refractivity contribution >= 4 is 11.1 Å². The van der Waals surface area contributed by atoms with Gasteiger partial charge in [0.2, 0.25) is 0 Å². The van der Waals surface area contributed by atoms with Crippen molar-refractivity contribution in [2.24, 2.45) is 0 Å². The minimum Gasteiger partial charge on any atom is -0.206 e. The summed E-state index contributed by atoms with van der Waals surface area (Å²) in [6.45, 7) is 0. The van der Waals surface area contributed by atoms with E-state index in [1.165, 1.54) is 6.07 Å². The van der Waals surface area contributed by atoms with Crippen molar-refractivity contribution in [3.63, 3.8) is 0 Å². The van der Waals surface area contributed by atoms with Gasteiger partial charge in [0, 0.05) is 6.42 Å². The molecule has 0 aromatic heterocycles. The molecule has 23 heavy (non-hydrogen) atoms. The highest BCUT2D eigenvalue weighted by atomic mass is 19.3. The van der Waals surface area contributed by atoms with Crippen molar-refractivity contribution in [1.82, 2.24) is 0 Å². The largest absolute Gasteiger partial charge is 0.280 e. The summed E-state index contributed by atoms with van der Waals surface area (Å²) in [4.78, 5) is 0.